The predicted molar refractivity (Wildman–Crippen MR) is 62.6 cm³/mol. The Labute approximate surface area is 97.6 Å². The highest BCUT2D eigenvalue weighted by Gasteiger charge is 2.29. The number of carbonyl (C=O) groups is 1. The lowest BCUT2D eigenvalue weighted by atomic mass is 9.96. The molecule has 1 aliphatic rings. The molecule has 94 valence electrons. The Morgan fingerprint density at radius 1 is 1.56 bits per heavy atom. The van der Waals surface area contributed by atoms with E-state index in [2.05, 4.69) is 11.8 Å². The van der Waals surface area contributed by atoms with Crippen LogP contribution in [-0.4, -0.2) is 48.3 Å². The minimum Gasteiger partial charge on any atom is -0.481 e. The second kappa shape index (κ2) is 6.86. The van der Waals surface area contributed by atoms with Crippen LogP contribution >= 0.6 is 0 Å². The van der Waals surface area contributed by atoms with Gasteiger partial charge in [0.05, 0.1) is 13.0 Å². The average molecular weight is 229 g/mol. The van der Waals surface area contributed by atoms with Crippen LogP contribution in [-0.2, 0) is 9.53 Å². The lowest BCUT2D eigenvalue weighted by Crippen LogP contribution is -2.48. The van der Waals surface area contributed by atoms with Gasteiger partial charge >= 0.3 is 5.97 Å². The smallest absolute Gasteiger partial charge is 0.304 e. The first kappa shape index (κ1) is 13.5. The molecule has 16 heavy (non-hydrogen) atoms. The van der Waals surface area contributed by atoms with Crippen molar-refractivity contribution in [2.24, 2.45) is 0 Å². The second-order valence-corrected chi connectivity index (χ2v) is 4.50. The first-order valence-electron chi connectivity index (χ1n) is 6.15. The quantitative estimate of drug-likeness (QED) is 0.753. The predicted octanol–water partition coefficient (Wildman–Crippen LogP) is 1.74. The zero-order chi connectivity index (χ0) is 12.0. The topological polar surface area (TPSA) is 49.8 Å². The van der Waals surface area contributed by atoms with Gasteiger partial charge in [-0.25, -0.2) is 0 Å². The van der Waals surface area contributed by atoms with Gasteiger partial charge in [-0.15, -0.1) is 0 Å². The Balaban J connectivity index is 2.60. The standard InChI is InChI=1S/C12H23NO3/c1-3-10(9-16-2)13-7-5-4-6-11(13)8-12(14)15/h10-11H,3-9H2,1-2H3,(H,14,15). The van der Waals surface area contributed by atoms with E-state index in [-0.39, 0.29) is 12.5 Å². The van der Waals surface area contributed by atoms with Gasteiger partial charge in [-0.05, 0) is 25.8 Å². The van der Waals surface area contributed by atoms with Crippen LogP contribution in [0.5, 0.6) is 0 Å². The number of hydrogen-bond acceptors (Lipinski definition) is 3. The van der Waals surface area contributed by atoms with Crippen molar-refractivity contribution in [1.82, 2.24) is 4.90 Å². The van der Waals surface area contributed by atoms with Crippen LogP contribution in [0.4, 0.5) is 0 Å². The Morgan fingerprint density at radius 3 is 2.88 bits per heavy atom. The number of carboxylic acids is 1. The molecule has 0 aromatic carbocycles. The first-order chi connectivity index (χ1) is 7.69. The van der Waals surface area contributed by atoms with Gasteiger partial charge in [0, 0.05) is 19.2 Å². The maximum Gasteiger partial charge on any atom is 0.304 e. The minimum atomic E-state index is -0.691. The maximum atomic E-state index is 10.8. The fourth-order valence-electron chi connectivity index (χ4n) is 2.56. The van der Waals surface area contributed by atoms with E-state index in [1.807, 2.05) is 0 Å². The van der Waals surface area contributed by atoms with Crippen LogP contribution in [0.15, 0.2) is 0 Å². The van der Waals surface area contributed by atoms with Gasteiger partial charge in [-0.3, -0.25) is 9.69 Å². The number of ether oxygens (including phenoxy) is 1. The van der Waals surface area contributed by atoms with E-state index < -0.39 is 5.97 Å². The Morgan fingerprint density at radius 2 is 2.31 bits per heavy atom. The van der Waals surface area contributed by atoms with Gasteiger partial charge in [0.2, 0.25) is 0 Å². The number of aliphatic carboxylic acids is 1. The number of piperidine rings is 1. The van der Waals surface area contributed by atoms with Gasteiger partial charge < -0.3 is 9.84 Å². The summed E-state index contributed by atoms with van der Waals surface area (Å²) < 4.78 is 5.21. The summed E-state index contributed by atoms with van der Waals surface area (Å²) in [7, 11) is 1.71. The third kappa shape index (κ3) is 3.76. The van der Waals surface area contributed by atoms with Crippen molar-refractivity contribution >= 4 is 5.97 Å². The SMILES string of the molecule is CCC(COC)N1CCCCC1CC(=O)O. The molecule has 1 N–H and O–H groups in total. The average Bonchev–Trinajstić information content (AvgIpc) is 2.26. The maximum absolute atomic E-state index is 10.8. The second-order valence-electron chi connectivity index (χ2n) is 4.50. The van der Waals surface area contributed by atoms with Crippen LogP contribution in [0.3, 0.4) is 0 Å². The molecule has 1 aliphatic heterocycles. The highest BCUT2D eigenvalue weighted by Crippen LogP contribution is 2.23. The van der Waals surface area contributed by atoms with Crippen molar-refractivity contribution in [3.8, 4) is 0 Å². The molecule has 1 fully saturated rings. The summed E-state index contributed by atoms with van der Waals surface area (Å²) in [5.74, 6) is -0.691. The zero-order valence-electron chi connectivity index (χ0n) is 10.3. The summed E-state index contributed by atoms with van der Waals surface area (Å²) in [4.78, 5) is 13.2. The van der Waals surface area contributed by atoms with Crippen molar-refractivity contribution in [3.05, 3.63) is 0 Å². The Kier molecular flexibility index (Phi) is 5.77. The monoisotopic (exact) mass is 229 g/mol. The molecule has 0 aromatic rings. The molecule has 1 rings (SSSR count). The van der Waals surface area contributed by atoms with E-state index in [0.717, 1.165) is 25.8 Å². The molecule has 2 atom stereocenters. The molecule has 0 aliphatic carbocycles. The molecule has 0 aromatic heterocycles. The molecule has 4 heteroatoms. The first-order valence-corrected chi connectivity index (χ1v) is 6.15. The van der Waals surface area contributed by atoms with Gasteiger partial charge in [0.15, 0.2) is 0 Å². The molecular weight excluding hydrogens is 206 g/mol. The summed E-state index contributed by atoms with van der Waals surface area (Å²) in [6.07, 6.45) is 4.62. The lowest BCUT2D eigenvalue weighted by Gasteiger charge is -2.40. The molecule has 0 amide bonds. The molecule has 0 spiro atoms. The Hall–Kier alpha value is -0.610. The number of nitrogens with zero attached hydrogens (tertiary/aromatic N) is 1. The van der Waals surface area contributed by atoms with Gasteiger partial charge in [-0.1, -0.05) is 13.3 Å². The minimum absolute atomic E-state index is 0.200. The molecule has 1 heterocycles. The number of rotatable bonds is 6. The largest absolute Gasteiger partial charge is 0.481 e. The van der Waals surface area contributed by atoms with Crippen LogP contribution in [0.2, 0.25) is 0 Å². The third-order valence-electron chi connectivity index (χ3n) is 3.38. The summed E-state index contributed by atoms with van der Waals surface area (Å²) in [6.45, 7) is 3.85. The fourth-order valence-corrected chi connectivity index (χ4v) is 2.56. The molecule has 1 saturated heterocycles. The molecular formula is C12H23NO3. The number of methoxy groups -OCH3 is 1. The van der Waals surface area contributed by atoms with Crippen LogP contribution < -0.4 is 0 Å². The van der Waals surface area contributed by atoms with Crippen molar-refractivity contribution in [2.45, 2.75) is 51.1 Å². The third-order valence-corrected chi connectivity index (χ3v) is 3.38. The molecule has 0 bridgehead atoms. The van der Waals surface area contributed by atoms with E-state index in [1.54, 1.807) is 7.11 Å². The highest BCUT2D eigenvalue weighted by atomic mass is 16.5. The van der Waals surface area contributed by atoms with E-state index in [9.17, 15) is 4.79 Å². The van der Waals surface area contributed by atoms with E-state index in [1.165, 1.54) is 6.42 Å². The van der Waals surface area contributed by atoms with E-state index >= 15 is 0 Å². The van der Waals surface area contributed by atoms with E-state index in [0.29, 0.717) is 12.6 Å². The summed E-state index contributed by atoms with van der Waals surface area (Å²) in [6, 6.07) is 0.570. The molecule has 4 nitrogen and oxygen atoms in total. The molecule has 0 saturated carbocycles. The number of carboxylic acid groups (broad SMARTS) is 1. The van der Waals surface area contributed by atoms with Gasteiger partial charge in [0.25, 0.3) is 0 Å². The normalized spacial score (nSPS) is 24.2. The van der Waals surface area contributed by atoms with Crippen molar-refractivity contribution in [1.29, 1.82) is 0 Å². The number of likely N-dealkylation sites (tertiary alicyclic amines) is 1. The fraction of sp³-hybridized carbons (Fsp3) is 0.917. The zero-order valence-corrected chi connectivity index (χ0v) is 10.3. The van der Waals surface area contributed by atoms with Gasteiger partial charge in [0.1, 0.15) is 0 Å². The highest BCUT2D eigenvalue weighted by molar-refractivity contribution is 5.67. The van der Waals surface area contributed by atoms with Crippen molar-refractivity contribution in [3.63, 3.8) is 0 Å². The van der Waals surface area contributed by atoms with E-state index in [4.69, 9.17) is 9.84 Å². The van der Waals surface area contributed by atoms with Crippen LogP contribution in [0, 0.1) is 0 Å². The summed E-state index contributed by atoms with van der Waals surface area (Å²) >= 11 is 0. The van der Waals surface area contributed by atoms with Gasteiger partial charge in [-0.2, -0.15) is 0 Å². The molecule has 0 radical (unpaired) electrons. The lowest BCUT2D eigenvalue weighted by molar-refractivity contribution is -0.139. The number of hydrogen-bond donors (Lipinski definition) is 1. The summed E-state index contributed by atoms with van der Waals surface area (Å²) in [5.41, 5.74) is 0. The van der Waals surface area contributed by atoms with Crippen LogP contribution in [0.25, 0.3) is 0 Å². The van der Waals surface area contributed by atoms with Crippen molar-refractivity contribution < 1.29 is 14.6 Å². The van der Waals surface area contributed by atoms with Crippen molar-refractivity contribution in [2.75, 3.05) is 20.3 Å². The summed E-state index contributed by atoms with van der Waals surface area (Å²) in [5, 5.41) is 8.91. The molecule has 2 unspecified atom stereocenters. The van der Waals surface area contributed by atoms with Crippen LogP contribution in [0.1, 0.15) is 39.0 Å². The Bertz CT molecular complexity index is 220.